The summed E-state index contributed by atoms with van der Waals surface area (Å²) in [5.74, 6) is -2.02. The summed E-state index contributed by atoms with van der Waals surface area (Å²) in [5, 5.41) is 6.14. The van der Waals surface area contributed by atoms with E-state index in [1.807, 2.05) is 52.0 Å². The molecule has 0 bridgehead atoms. The first-order valence-corrected chi connectivity index (χ1v) is 9.44. The number of nitrogens with zero attached hydrogens (tertiary/aromatic N) is 1. The SMILES string of the molecule is CC1(C)OB(c2ccc(C3CN=C(C4CC(F)(F)CN4)N3)cc2)OC1(C)C. The minimum absolute atomic E-state index is 0.00312. The third-order valence-electron chi connectivity index (χ3n) is 6.07. The summed E-state index contributed by atoms with van der Waals surface area (Å²) in [7, 11) is -0.391. The molecule has 2 fully saturated rings. The minimum atomic E-state index is -2.66. The smallest absolute Gasteiger partial charge is 0.399 e. The quantitative estimate of drug-likeness (QED) is 0.792. The zero-order valence-electron chi connectivity index (χ0n) is 16.2. The van der Waals surface area contributed by atoms with Crippen molar-refractivity contribution in [2.24, 2.45) is 4.99 Å². The number of amidine groups is 1. The number of hydrogen-bond donors (Lipinski definition) is 2. The summed E-state index contributed by atoms with van der Waals surface area (Å²) in [6, 6.07) is 7.65. The van der Waals surface area contributed by atoms with E-state index in [2.05, 4.69) is 15.6 Å². The van der Waals surface area contributed by atoms with Crippen molar-refractivity contribution >= 4 is 18.4 Å². The van der Waals surface area contributed by atoms with Gasteiger partial charge in [0.2, 0.25) is 0 Å². The Morgan fingerprint density at radius 2 is 1.67 bits per heavy atom. The Morgan fingerprint density at radius 3 is 2.22 bits per heavy atom. The molecule has 3 aliphatic heterocycles. The first-order chi connectivity index (χ1) is 12.6. The summed E-state index contributed by atoms with van der Waals surface area (Å²) in [4.78, 5) is 4.44. The van der Waals surface area contributed by atoms with Crippen LogP contribution < -0.4 is 16.1 Å². The molecule has 8 heteroatoms. The van der Waals surface area contributed by atoms with Crippen molar-refractivity contribution in [2.75, 3.05) is 13.1 Å². The molecule has 0 saturated carbocycles. The maximum Gasteiger partial charge on any atom is 0.494 e. The maximum absolute atomic E-state index is 13.4. The summed E-state index contributed by atoms with van der Waals surface area (Å²) in [6.45, 7) is 8.39. The van der Waals surface area contributed by atoms with Gasteiger partial charge in [0.1, 0.15) is 5.84 Å². The van der Waals surface area contributed by atoms with Crippen LogP contribution >= 0.6 is 0 Å². The Morgan fingerprint density at radius 1 is 1.04 bits per heavy atom. The highest BCUT2D eigenvalue weighted by Crippen LogP contribution is 2.36. The van der Waals surface area contributed by atoms with Crippen LogP contribution in [0.5, 0.6) is 0 Å². The van der Waals surface area contributed by atoms with Gasteiger partial charge in [-0.1, -0.05) is 24.3 Å². The lowest BCUT2D eigenvalue weighted by atomic mass is 9.78. The Bertz CT molecular complexity index is 736. The number of aliphatic imine (C=N–C) groups is 1. The van der Waals surface area contributed by atoms with Crippen LogP contribution in [0.2, 0.25) is 0 Å². The second kappa shape index (κ2) is 6.25. The Labute approximate surface area is 159 Å². The van der Waals surface area contributed by atoms with E-state index in [0.717, 1.165) is 11.0 Å². The molecule has 4 rings (SSSR count). The van der Waals surface area contributed by atoms with Gasteiger partial charge in [0.15, 0.2) is 0 Å². The number of benzene rings is 1. The Balaban J connectivity index is 1.40. The number of alkyl halides is 2. The lowest BCUT2D eigenvalue weighted by molar-refractivity contribution is 0.00578. The predicted molar refractivity (Wildman–Crippen MR) is 102 cm³/mol. The number of halogens is 2. The van der Waals surface area contributed by atoms with E-state index in [0.29, 0.717) is 12.4 Å². The van der Waals surface area contributed by atoms with Gasteiger partial charge in [0.25, 0.3) is 5.92 Å². The standard InChI is InChI=1S/C19H26BF2N3O2/c1-17(2)18(3,4)27-20(26-17)13-7-5-12(6-8-13)15-10-23-16(25-15)14-9-19(21,22)11-24-14/h5-8,14-15,24H,9-11H2,1-4H3,(H,23,25). The Hall–Kier alpha value is -1.51. The summed E-state index contributed by atoms with van der Waals surface area (Å²) < 4.78 is 39.0. The first-order valence-electron chi connectivity index (χ1n) is 9.44. The number of nitrogens with one attached hydrogen (secondary N) is 2. The van der Waals surface area contributed by atoms with Gasteiger partial charge in [-0.3, -0.25) is 4.99 Å². The molecular weight excluding hydrogens is 351 g/mol. The van der Waals surface area contributed by atoms with E-state index < -0.39 is 19.1 Å². The molecule has 3 aliphatic rings. The van der Waals surface area contributed by atoms with Crippen LogP contribution in [-0.2, 0) is 9.31 Å². The molecule has 1 aromatic carbocycles. The normalized spacial score (nSPS) is 31.0. The summed E-state index contributed by atoms with van der Waals surface area (Å²) in [5.41, 5.74) is 1.29. The Kier molecular flexibility index (Phi) is 4.36. The molecule has 146 valence electrons. The van der Waals surface area contributed by atoms with Crippen molar-refractivity contribution in [3.8, 4) is 0 Å². The molecule has 2 atom stereocenters. The van der Waals surface area contributed by atoms with Gasteiger partial charge in [-0.2, -0.15) is 0 Å². The second-order valence-corrected chi connectivity index (χ2v) is 8.67. The minimum Gasteiger partial charge on any atom is -0.399 e. The van der Waals surface area contributed by atoms with Gasteiger partial charge in [0, 0.05) is 6.42 Å². The fourth-order valence-corrected chi connectivity index (χ4v) is 3.63. The third kappa shape index (κ3) is 3.50. The molecular formula is C19H26BF2N3O2. The molecule has 0 aliphatic carbocycles. The van der Waals surface area contributed by atoms with Crippen LogP contribution in [0.1, 0.15) is 45.7 Å². The maximum atomic E-state index is 13.4. The van der Waals surface area contributed by atoms with E-state index >= 15 is 0 Å². The highest BCUT2D eigenvalue weighted by atomic mass is 19.3. The molecule has 2 N–H and O–H groups in total. The molecule has 0 radical (unpaired) electrons. The molecule has 5 nitrogen and oxygen atoms in total. The number of rotatable bonds is 3. The molecule has 27 heavy (non-hydrogen) atoms. The van der Waals surface area contributed by atoms with Gasteiger partial charge < -0.3 is 19.9 Å². The predicted octanol–water partition coefficient (Wildman–Crippen LogP) is 2.03. The van der Waals surface area contributed by atoms with Crippen molar-refractivity contribution < 1.29 is 18.1 Å². The second-order valence-electron chi connectivity index (χ2n) is 8.67. The molecule has 0 spiro atoms. The van der Waals surface area contributed by atoms with E-state index in [4.69, 9.17) is 9.31 Å². The van der Waals surface area contributed by atoms with Gasteiger partial charge in [-0.05, 0) is 38.7 Å². The van der Waals surface area contributed by atoms with Crippen LogP contribution in [0.25, 0.3) is 0 Å². The highest BCUT2D eigenvalue weighted by Gasteiger charge is 2.51. The third-order valence-corrected chi connectivity index (χ3v) is 6.07. The molecule has 2 unspecified atom stereocenters. The van der Waals surface area contributed by atoms with Crippen LogP contribution in [-0.4, -0.2) is 49.2 Å². The molecule has 2 saturated heterocycles. The van der Waals surface area contributed by atoms with Crippen molar-refractivity contribution in [1.82, 2.24) is 10.6 Å². The lowest BCUT2D eigenvalue weighted by Crippen LogP contribution is -2.41. The van der Waals surface area contributed by atoms with Crippen LogP contribution in [0.4, 0.5) is 8.78 Å². The van der Waals surface area contributed by atoms with Crippen molar-refractivity contribution in [3.63, 3.8) is 0 Å². The van der Waals surface area contributed by atoms with Gasteiger partial charge >= 0.3 is 7.12 Å². The van der Waals surface area contributed by atoms with Gasteiger partial charge in [-0.15, -0.1) is 0 Å². The fourth-order valence-electron chi connectivity index (χ4n) is 3.63. The van der Waals surface area contributed by atoms with E-state index in [9.17, 15) is 8.78 Å². The molecule has 0 aromatic heterocycles. The highest BCUT2D eigenvalue weighted by molar-refractivity contribution is 6.62. The summed E-state index contributed by atoms with van der Waals surface area (Å²) in [6.07, 6.45) is -0.202. The summed E-state index contributed by atoms with van der Waals surface area (Å²) >= 11 is 0. The first kappa shape index (κ1) is 18.8. The monoisotopic (exact) mass is 377 g/mol. The fraction of sp³-hybridized carbons (Fsp3) is 0.632. The van der Waals surface area contributed by atoms with E-state index in [1.165, 1.54) is 0 Å². The van der Waals surface area contributed by atoms with Crippen LogP contribution in [0, 0.1) is 0 Å². The van der Waals surface area contributed by atoms with E-state index in [1.54, 1.807) is 0 Å². The molecule has 0 amide bonds. The van der Waals surface area contributed by atoms with Gasteiger partial charge in [0.05, 0.1) is 36.4 Å². The lowest BCUT2D eigenvalue weighted by Gasteiger charge is -2.32. The van der Waals surface area contributed by atoms with Gasteiger partial charge in [-0.25, -0.2) is 8.78 Å². The molecule has 3 heterocycles. The average Bonchev–Trinajstić information content (AvgIpc) is 3.25. The zero-order chi connectivity index (χ0) is 19.4. The van der Waals surface area contributed by atoms with Crippen molar-refractivity contribution in [1.29, 1.82) is 0 Å². The topological polar surface area (TPSA) is 54.9 Å². The van der Waals surface area contributed by atoms with Crippen LogP contribution in [0.3, 0.4) is 0 Å². The average molecular weight is 377 g/mol. The van der Waals surface area contributed by atoms with E-state index in [-0.39, 0.29) is 30.2 Å². The van der Waals surface area contributed by atoms with Crippen LogP contribution in [0.15, 0.2) is 29.3 Å². The largest absolute Gasteiger partial charge is 0.494 e. The molecule has 1 aromatic rings. The van der Waals surface area contributed by atoms with Crippen molar-refractivity contribution in [2.45, 2.75) is 63.3 Å². The number of hydrogen-bond acceptors (Lipinski definition) is 5. The zero-order valence-corrected chi connectivity index (χ0v) is 16.2. The van der Waals surface area contributed by atoms with Crippen molar-refractivity contribution in [3.05, 3.63) is 29.8 Å².